The summed E-state index contributed by atoms with van der Waals surface area (Å²) < 4.78 is 0. The highest BCUT2D eigenvalue weighted by molar-refractivity contribution is 4.98. The fourth-order valence-corrected chi connectivity index (χ4v) is 3.12. The van der Waals surface area contributed by atoms with E-state index in [1.165, 1.54) is 32.1 Å². The Bertz CT molecular complexity index is 182. The number of aliphatic hydroxyl groups is 1. The van der Waals surface area contributed by atoms with Gasteiger partial charge in [0.1, 0.15) is 0 Å². The molecule has 2 fully saturated rings. The molecule has 0 amide bonds. The largest absolute Gasteiger partial charge is 0.389 e. The van der Waals surface area contributed by atoms with Gasteiger partial charge in [0.05, 0.1) is 5.60 Å². The molecule has 0 radical (unpaired) electrons. The summed E-state index contributed by atoms with van der Waals surface area (Å²) in [5.41, 5.74) is -0.296. The quantitative estimate of drug-likeness (QED) is 0.661. The van der Waals surface area contributed by atoms with Crippen molar-refractivity contribution in [2.45, 2.75) is 58.0 Å². The summed E-state index contributed by atoms with van der Waals surface area (Å²) in [7, 11) is 0. The Morgan fingerprint density at radius 2 is 1.77 bits per heavy atom. The van der Waals surface area contributed by atoms with Crippen LogP contribution in [-0.2, 0) is 0 Å². The van der Waals surface area contributed by atoms with Crippen molar-refractivity contribution in [2.75, 3.05) is 0 Å². The molecule has 1 N–H and O–H groups in total. The Hall–Kier alpha value is -0.0400. The van der Waals surface area contributed by atoms with Gasteiger partial charge in [0.25, 0.3) is 0 Å². The van der Waals surface area contributed by atoms with Crippen LogP contribution in [0.15, 0.2) is 0 Å². The molecule has 1 nitrogen and oxygen atoms in total. The van der Waals surface area contributed by atoms with E-state index in [4.69, 9.17) is 0 Å². The molecule has 2 aliphatic carbocycles. The van der Waals surface area contributed by atoms with Crippen LogP contribution in [0.3, 0.4) is 0 Å². The third-order valence-corrected chi connectivity index (χ3v) is 4.43. The van der Waals surface area contributed by atoms with Gasteiger partial charge in [-0.05, 0) is 43.4 Å². The smallest absolute Gasteiger partial charge is 0.0703 e. The van der Waals surface area contributed by atoms with Gasteiger partial charge in [-0.25, -0.2) is 0 Å². The fraction of sp³-hybridized carbons (Fsp3) is 1.00. The van der Waals surface area contributed by atoms with Crippen LogP contribution in [0.25, 0.3) is 0 Å². The van der Waals surface area contributed by atoms with Crippen molar-refractivity contribution in [3.05, 3.63) is 0 Å². The lowest BCUT2D eigenvalue weighted by atomic mass is 9.60. The molecule has 2 rings (SSSR count). The fourth-order valence-electron chi connectivity index (χ4n) is 3.12. The zero-order valence-corrected chi connectivity index (χ0v) is 8.92. The second-order valence-corrected chi connectivity index (χ2v) is 5.41. The van der Waals surface area contributed by atoms with Gasteiger partial charge >= 0.3 is 0 Å². The summed E-state index contributed by atoms with van der Waals surface area (Å²) in [6, 6.07) is 0. The van der Waals surface area contributed by atoms with E-state index in [9.17, 15) is 5.11 Å². The molecule has 0 saturated heterocycles. The summed E-state index contributed by atoms with van der Waals surface area (Å²) in [6.07, 6.45) is 7.48. The normalized spacial score (nSPS) is 47.3. The molecular weight excluding hydrogens is 160 g/mol. The summed E-state index contributed by atoms with van der Waals surface area (Å²) in [5, 5.41) is 10.6. The highest BCUT2D eigenvalue weighted by Crippen LogP contribution is 2.48. The molecule has 3 unspecified atom stereocenters. The summed E-state index contributed by atoms with van der Waals surface area (Å²) in [4.78, 5) is 0. The molecule has 76 valence electrons. The lowest BCUT2D eigenvalue weighted by Crippen LogP contribution is -2.50. The maximum absolute atomic E-state index is 10.6. The zero-order chi connectivity index (χ0) is 9.47. The van der Waals surface area contributed by atoms with Crippen LogP contribution in [-0.4, -0.2) is 10.7 Å². The van der Waals surface area contributed by atoms with E-state index in [1.807, 2.05) is 0 Å². The Balaban J connectivity index is 2.07. The van der Waals surface area contributed by atoms with Gasteiger partial charge in [0, 0.05) is 0 Å². The van der Waals surface area contributed by atoms with E-state index < -0.39 is 0 Å². The average Bonchev–Trinajstić information content (AvgIpc) is 1.93. The van der Waals surface area contributed by atoms with Crippen molar-refractivity contribution >= 4 is 0 Å². The predicted molar refractivity (Wildman–Crippen MR) is 54.5 cm³/mol. The van der Waals surface area contributed by atoms with Gasteiger partial charge in [-0.2, -0.15) is 0 Å². The van der Waals surface area contributed by atoms with Crippen molar-refractivity contribution in [3.8, 4) is 0 Å². The molecule has 3 atom stereocenters. The topological polar surface area (TPSA) is 20.2 Å². The molecule has 1 heteroatoms. The zero-order valence-electron chi connectivity index (χ0n) is 8.92. The average molecular weight is 182 g/mol. The Kier molecular flexibility index (Phi) is 2.39. The van der Waals surface area contributed by atoms with Crippen LogP contribution in [0.2, 0.25) is 0 Å². The minimum absolute atomic E-state index is 0.296. The van der Waals surface area contributed by atoms with Crippen LogP contribution in [0.1, 0.15) is 52.4 Å². The number of rotatable bonds is 1. The molecule has 13 heavy (non-hydrogen) atoms. The molecular formula is C12H22O. The molecule has 0 spiro atoms. The Morgan fingerprint density at radius 3 is 2.31 bits per heavy atom. The van der Waals surface area contributed by atoms with Gasteiger partial charge in [-0.3, -0.25) is 0 Å². The van der Waals surface area contributed by atoms with Crippen LogP contribution in [0.5, 0.6) is 0 Å². The summed E-state index contributed by atoms with van der Waals surface area (Å²) >= 11 is 0. The first-order chi connectivity index (χ1) is 6.13. The van der Waals surface area contributed by atoms with Crippen LogP contribution in [0.4, 0.5) is 0 Å². The number of hydrogen-bond donors (Lipinski definition) is 1. The Labute approximate surface area is 81.5 Å². The van der Waals surface area contributed by atoms with E-state index in [0.717, 1.165) is 12.3 Å². The standard InChI is InChI=1S/C12H22O/c1-9-6-7-10(2)12(13,8-9)11-4-3-5-11/h9-11,13H,3-8H2,1-2H3. The first kappa shape index (κ1) is 9.51. The van der Waals surface area contributed by atoms with Crippen molar-refractivity contribution in [3.63, 3.8) is 0 Å². The van der Waals surface area contributed by atoms with Gasteiger partial charge in [0.2, 0.25) is 0 Å². The second kappa shape index (κ2) is 3.27. The minimum Gasteiger partial charge on any atom is -0.389 e. The maximum atomic E-state index is 10.6. The highest BCUT2D eigenvalue weighted by atomic mass is 16.3. The highest BCUT2D eigenvalue weighted by Gasteiger charge is 2.46. The van der Waals surface area contributed by atoms with Crippen molar-refractivity contribution in [1.29, 1.82) is 0 Å². The van der Waals surface area contributed by atoms with Crippen LogP contribution < -0.4 is 0 Å². The number of hydrogen-bond acceptors (Lipinski definition) is 1. The monoisotopic (exact) mass is 182 g/mol. The molecule has 0 aromatic rings. The molecule has 2 aliphatic rings. The van der Waals surface area contributed by atoms with Gasteiger partial charge in [-0.15, -0.1) is 0 Å². The van der Waals surface area contributed by atoms with E-state index in [-0.39, 0.29) is 5.60 Å². The van der Waals surface area contributed by atoms with Crippen molar-refractivity contribution in [1.82, 2.24) is 0 Å². The Morgan fingerprint density at radius 1 is 1.08 bits per heavy atom. The second-order valence-electron chi connectivity index (χ2n) is 5.41. The van der Waals surface area contributed by atoms with Crippen molar-refractivity contribution in [2.24, 2.45) is 17.8 Å². The third kappa shape index (κ3) is 1.52. The SMILES string of the molecule is CC1CCC(C)C(O)(C2CCC2)C1. The van der Waals surface area contributed by atoms with E-state index in [0.29, 0.717) is 11.8 Å². The van der Waals surface area contributed by atoms with E-state index in [1.54, 1.807) is 0 Å². The maximum Gasteiger partial charge on any atom is 0.0703 e. The molecule has 0 heterocycles. The van der Waals surface area contributed by atoms with Crippen molar-refractivity contribution < 1.29 is 5.11 Å². The lowest BCUT2D eigenvalue weighted by molar-refractivity contribution is -0.123. The van der Waals surface area contributed by atoms with Gasteiger partial charge in [0.15, 0.2) is 0 Å². The molecule has 0 bridgehead atoms. The van der Waals surface area contributed by atoms with Crippen LogP contribution >= 0.6 is 0 Å². The summed E-state index contributed by atoms with van der Waals surface area (Å²) in [6.45, 7) is 4.53. The lowest BCUT2D eigenvalue weighted by Gasteiger charge is -2.49. The molecule has 0 aromatic heterocycles. The third-order valence-electron chi connectivity index (χ3n) is 4.43. The van der Waals surface area contributed by atoms with Crippen LogP contribution in [0, 0.1) is 17.8 Å². The van der Waals surface area contributed by atoms with Gasteiger partial charge < -0.3 is 5.11 Å². The van der Waals surface area contributed by atoms with E-state index in [2.05, 4.69) is 13.8 Å². The first-order valence-electron chi connectivity index (χ1n) is 5.85. The first-order valence-corrected chi connectivity index (χ1v) is 5.85. The van der Waals surface area contributed by atoms with E-state index >= 15 is 0 Å². The summed E-state index contributed by atoms with van der Waals surface area (Å²) in [5.74, 6) is 1.90. The predicted octanol–water partition coefficient (Wildman–Crippen LogP) is 2.97. The molecule has 2 saturated carbocycles. The molecule has 0 aliphatic heterocycles. The van der Waals surface area contributed by atoms with Gasteiger partial charge in [-0.1, -0.05) is 26.7 Å². The minimum atomic E-state index is -0.296. The molecule has 0 aromatic carbocycles.